The maximum absolute atomic E-state index is 12.4. The van der Waals surface area contributed by atoms with Crippen LogP contribution >= 0.6 is 11.3 Å². The van der Waals surface area contributed by atoms with Crippen molar-refractivity contribution in [3.63, 3.8) is 0 Å². The normalized spacial score (nSPS) is 14.1. The Balaban J connectivity index is 1.96. The van der Waals surface area contributed by atoms with Gasteiger partial charge in [0.1, 0.15) is 16.2 Å². The molecule has 2 heterocycles. The molecule has 2 N–H and O–H groups in total. The number of aliphatic hydroxyl groups is 1. The van der Waals surface area contributed by atoms with Crippen LogP contribution in [0, 0.1) is 0 Å². The molecule has 1 atom stereocenters. The van der Waals surface area contributed by atoms with E-state index in [1.807, 2.05) is 6.92 Å². The molecule has 8 heteroatoms. The Morgan fingerprint density at radius 1 is 1.39 bits per heavy atom. The van der Waals surface area contributed by atoms with E-state index >= 15 is 0 Å². The zero-order valence-corrected chi connectivity index (χ0v) is 15.1. The van der Waals surface area contributed by atoms with Gasteiger partial charge in [0, 0.05) is 12.1 Å². The van der Waals surface area contributed by atoms with Gasteiger partial charge in [-0.15, -0.1) is 11.3 Å². The molecular formula is C15H22N2O4S2. The molecule has 0 bridgehead atoms. The fraction of sp³-hybridized carbons (Fsp3) is 0.533. The molecule has 128 valence electrons. The predicted molar refractivity (Wildman–Crippen MR) is 89.7 cm³/mol. The monoisotopic (exact) mass is 358 g/mol. The molecule has 0 fully saturated rings. The molecule has 2 aromatic heterocycles. The van der Waals surface area contributed by atoms with Crippen LogP contribution in [-0.4, -0.2) is 30.3 Å². The molecular weight excluding hydrogens is 336 g/mol. The third-order valence-electron chi connectivity index (χ3n) is 3.32. The van der Waals surface area contributed by atoms with Crippen molar-refractivity contribution >= 4 is 21.4 Å². The van der Waals surface area contributed by atoms with Crippen LogP contribution in [0.3, 0.4) is 0 Å². The van der Waals surface area contributed by atoms with Crippen LogP contribution < -0.4 is 4.72 Å². The van der Waals surface area contributed by atoms with Crippen molar-refractivity contribution in [1.82, 2.24) is 9.88 Å². The van der Waals surface area contributed by atoms with E-state index in [1.165, 1.54) is 6.26 Å². The zero-order valence-electron chi connectivity index (χ0n) is 13.4. The van der Waals surface area contributed by atoms with Gasteiger partial charge >= 0.3 is 0 Å². The standard InChI is InChI=1S/C15H22N2O4S2/c1-11(5-4-9-15(2,3)18)17-23(19,20)14-7-6-13(22-14)12-8-10-21-16-12/h6-8,10-11,17-18H,4-5,9H2,1-3H3. The summed E-state index contributed by atoms with van der Waals surface area (Å²) in [6, 6.07) is 4.78. The second-order valence-corrected chi connectivity index (χ2v) is 9.25. The molecule has 0 amide bonds. The number of hydrogen-bond donors (Lipinski definition) is 2. The van der Waals surface area contributed by atoms with Crippen molar-refractivity contribution in [2.45, 2.75) is 55.9 Å². The van der Waals surface area contributed by atoms with Gasteiger partial charge in [0.2, 0.25) is 10.0 Å². The highest BCUT2D eigenvalue weighted by molar-refractivity contribution is 7.91. The molecule has 0 aliphatic carbocycles. The summed E-state index contributed by atoms with van der Waals surface area (Å²) in [6.45, 7) is 5.33. The van der Waals surface area contributed by atoms with Gasteiger partial charge in [0.15, 0.2) is 0 Å². The molecule has 2 rings (SSSR count). The smallest absolute Gasteiger partial charge is 0.250 e. The lowest BCUT2D eigenvalue weighted by atomic mass is 10.00. The highest BCUT2D eigenvalue weighted by Crippen LogP contribution is 2.29. The van der Waals surface area contributed by atoms with Crippen molar-refractivity contribution < 1.29 is 18.0 Å². The van der Waals surface area contributed by atoms with Crippen molar-refractivity contribution in [3.05, 3.63) is 24.5 Å². The lowest BCUT2D eigenvalue weighted by Gasteiger charge is -2.18. The highest BCUT2D eigenvalue weighted by atomic mass is 32.2. The molecule has 0 saturated carbocycles. The Morgan fingerprint density at radius 3 is 2.74 bits per heavy atom. The molecule has 6 nitrogen and oxygen atoms in total. The average Bonchev–Trinajstić information content (AvgIpc) is 3.08. The lowest BCUT2D eigenvalue weighted by molar-refractivity contribution is 0.0677. The fourth-order valence-electron chi connectivity index (χ4n) is 2.16. The SMILES string of the molecule is CC(CCCC(C)(C)O)NS(=O)(=O)c1ccc(-c2ccon2)s1. The van der Waals surface area contributed by atoms with Crippen LogP contribution in [0.2, 0.25) is 0 Å². The van der Waals surface area contributed by atoms with E-state index in [9.17, 15) is 13.5 Å². The summed E-state index contributed by atoms with van der Waals surface area (Å²) in [4.78, 5) is 0.744. The lowest BCUT2D eigenvalue weighted by Crippen LogP contribution is -2.32. The Morgan fingerprint density at radius 2 is 2.13 bits per heavy atom. The van der Waals surface area contributed by atoms with Gasteiger partial charge in [-0.3, -0.25) is 0 Å². The van der Waals surface area contributed by atoms with E-state index in [0.29, 0.717) is 18.5 Å². The summed E-state index contributed by atoms with van der Waals surface area (Å²) in [5.41, 5.74) is -0.103. The molecule has 0 aromatic carbocycles. The van der Waals surface area contributed by atoms with Crippen LogP contribution in [0.1, 0.15) is 40.0 Å². The Hall–Kier alpha value is -1.22. The van der Waals surface area contributed by atoms with Crippen LogP contribution in [-0.2, 0) is 10.0 Å². The third-order valence-corrected chi connectivity index (χ3v) is 6.51. The van der Waals surface area contributed by atoms with Crippen LogP contribution in [0.25, 0.3) is 10.6 Å². The largest absolute Gasteiger partial charge is 0.390 e. The minimum atomic E-state index is -3.55. The summed E-state index contributed by atoms with van der Waals surface area (Å²) in [6.07, 6.45) is 3.51. The number of nitrogens with zero attached hydrogens (tertiary/aromatic N) is 1. The first-order chi connectivity index (χ1) is 10.7. The Bertz CT molecular complexity index is 715. The quantitative estimate of drug-likeness (QED) is 0.757. The van der Waals surface area contributed by atoms with Gasteiger partial charge < -0.3 is 9.63 Å². The molecule has 0 aliphatic heterocycles. The minimum Gasteiger partial charge on any atom is -0.390 e. The predicted octanol–water partition coefficient (Wildman–Crippen LogP) is 3.01. The van der Waals surface area contributed by atoms with Crippen molar-refractivity contribution in [2.75, 3.05) is 0 Å². The first kappa shape index (κ1) is 18.1. The number of thiophene rings is 1. The summed E-state index contributed by atoms with van der Waals surface area (Å²) in [5.74, 6) is 0. The van der Waals surface area contributed by atoms with E-state index < -0.39 is 15.6 Å². The minimum absolute atomic E-state index is 0.194. The summed E-state index contributed by atoms with van der Waals surface area (Å²) in [7, 11) is -3.55. The first-order valence-electron chi connectivity index (χ1n) is 7.43. The molecule has 0 saturated heterocycles. The van der Waals surface area contributed by atoms with E-state index in [2.05, 4.69) is 9.88 Å². The molecule has 0 aliphatic rings. The summed E-state index contributed by atoms with van der Waals surface area (Å²) < 4.78 is 32.5. The van der Waals surface area contributed by atoms with Crippen LogP contribution in [0.5, 0.6) is 0 Å². The van der Waals surface area contributed by atoms with Gasteiger partial charge in [-0.25, -0.2) is 13.1 Å². The van der Waals surface area contributed by atoms with Gasteiger partial charge in [0.25, 0.3) is 0 Å². The summed E-state index contributed by atoms with van der Waals surface area (Å²) in [5, 5.41) is 13.5. The highest BCUT2D eigenvalue weighted by Gasteiger charge is 2.21. The van der Waals surface area contributed by atoms with Crippen molar-refractivity contribution in [2.24, 2.45) is 0 Å². The first-order valence-corrected chi connectivity index (χ1v) is 9.73. The van der Waals surface area contributed by atoms with Gasteiger partial charge in [-0.2, -0.15) is 0 Å². The van der Waals surface area contributed by atoms with Gasteiger partial charge in [-0.1, -0.05) is 5.16 Å². The average molecular weight is 358 g/mol. The molecule has 0 radical (unpaired) electrons. The number of rotatable bonds is 8. The number of hydrogen-bond acceptors (Lipinski definition) is 6. The summed E-state index contributed by atoms with van der Waals surface area (Å²) >= 11 is 1.15. The van der Waals surface area contributed by atoms with E-state index in [1.54, 1.807) is 32.0 Å². The van der Waals surface area contributed by atoms with Crippen LogP contribution in [0.4, 0.5) is 0 Å². The Labute approximate surface area is 140 Å². The number of nitrogens with one attached hydrogen (secondary N) is 1. The Kier molecular flexibility index (Phi) is 5.61. The van der Waals surface area contributed by atoms with Crippen molar-refractivity contribution in [1.29, 1.82) is 0 Å². The molecule has 0 spiro atoms. The third kappa shape index (κ3) is 5.42. The maximum atomic E-state index is 12.4. The second-order valence-electron chi connectivity index (χ2n) is 6.23. The van der Waals surface area contributed by atoms with Gasteiger partial charge in [-0.05, 0) is 52.2 Å². The van der Waals surface area contributed by atoms with E-state index in [0.717, 1.165) is 22.6 Å². The molecule has 1 unspecified atom stereocenters. The number of aromatic nitrogens is 1. The topological polar surface area (TPSA) is 92.4 Å². The maximum Gasteiger partial charge on any atom is 0.250 e. The van der Waals surface area contributed by atoms with E-state index in [-0.39, 0.29) is 10.3 Å². The fourth-order valence-corrected chi connectivity index (χ4v) is 4.73. The second kappa shape index (κ2) is 7.12. The molecule has 2 aromatic rings. The zero-order chi connectivity index (χ0) is 17.1. The number of sulfonamides is 1. The van der Waals surface area contributed by atoms with Crippen LogP contribution in [0.15, 0.2) is 33.2 Å². The van der Waals surface area contributed by atoms with Crippen molar-refractivity contribution in [3.8, 4) is 10.6 Å². The van der Waals surface area contributed by atoms with E-state index in [4.69, 9.17) is 4.52 Å². The van der Waals surface area contributed by atoms with Gasteiger partial charge in [0.05, 0.1) is 10.5 Å². The molecule has 23 heavy (non-hydrogen) atoms.